The number of nitrogens with zero attached hydrogens (tertiary/aromatic N) is 1. The molecule has 5 rings (SSSR count). The van der Waals surface area contributed by atoms with Crippen molar-refractivity contribution in [2.75, 3.05) is 13.2 Å². The van der Waals surface area contributed by atoms with Crippen LogP contribution < -0.4 is 21.0 Å². The van der Waals surface area contributed by atoms with Gasteiger partial charge in [0.05, 0.1) is 6.10 Å². The van der Waals surface area contributed by atoms with Crippen LogP contribution in [0.4, 0.5) is 0 Å². The third kappa shape index (κ3) is 4.64. The van der Waals surface area contributed by atoms with Crippen LogP contribution in [0.15, 0.2) is 27.7 Å². The molecule has 1 aromatic heterocycles. The zero-order valence-electron chi connectivity index (χ0n) is 18.9. The van der Waals surface area contributed by atoms with Gasteiger partial charge in [-0.2, -0.15) is 0 Å². The summed E-state index contributed by atoms with van der Waals surface area (Å²) in [5, 5.41) is 9.20. The lowest BCUT2D eigenvalue weighted by Gasteiger charge is -2.41. The molecule has 2 fully saturated rings. The van der Waals surface area contributed by atoms with Gasteiger partial charge in [0.2, 0.25) is 5.55 Å². The minimum Gasteiger partial charge on any atom is -0.487 e. The van der Waals surface area contributed by atoms with Crippen molar-refractivity contribution in [1.29, 1.82) is 0 Å². The van der Waals surface area contributed by atoms with Gasteiger partial charge in [-0.3, -0.25) is 5.43 Å². The lowest BCUT2D eigenvalue weighted by atomic mass is 9.79. The number of hydrogen-bond donors (Lipinski definition) is 2. The second-order valence-electron chi connectivity index (χ2n) is 9.33. The standard InChI is InChI=1S/C25H33N3O3S/c1-2-17-14-23(27-28-24(32)26-16-19-7-6-12-29-19)30-22-15-21-18(13-20(17)22)8-11-25(31-21)9-4-3-5-10-25/h13-15,19H,2-12,16H2,1H3,(H2,26,28,32). The summed E-state index contributed by atoms with van der Waals surface area (Å²) in [5.74, 6) is 0.982. The molecule has 0 amide bonds. The maximum atomic E-state index is 6.61. The summed E-state index contributed by atoms with van der Waals surface area (Å²) in [4.78, 5) is 0. The van der Waals surface area contributed by atoms with Crippen molar-refractivity contribution in [3.05, 3.63) is 34.9 Å². The van der Waals surface area contributed by atoms with Crippen molar-refractivity contribution in [2.24, 2.45) is 5.10 Å². The van der Waals surface area contributed by atoms with E-state index in [0.29, 0.717) is 17.2 Å². The highest BCUT2D eigenvalue weighted by molar-refractivity contribution is 7.80. The summed E-state index contributed by atoms with van der Waals surface area (Å²) in [6.07, 6.45) is 11.7. The number of fused-ring (bicyclic) bond motifs is 2. The molecule has 1 saturated carbocycles. The van der Waals surface area contributed by atoms with Crippen LogP contribution >= 0.6 is 12.2 Å². The third-order valence-corrected chi connectivity index (χ3v) is 7.36. The lowest BCUT2D eigenvalue weighted by molar-refractivity contribution is 0.0109. The van der Waals surface area contributed by atoms with Crippen LogP contribution in [0.1, 0.15) is 69.4 Å². The Morgan fingerprint density at radius 2 is 2.03 bits per heavy atom. The van der Waals surface area contributed by atoms with E-state index >= 15 is 0 Å². The fourth-order valence-corrected chi connectivity index (χ4v) is 5.43. The van der Waals surface area contributed by atoms with E-state index in [4.69, 9.17) is 26.1 Å². The minimum atomic E-state index is 0.0247. The topological polar surface area (TPSA) is 68.0 Å². The first-order valence-corrected chi connectivity index (χ1v) is 12.5. The lowest BCUT2D eigenvalue weighted by Crippen LogP contribution is -2.41. The van der Waals surface area contributed by atoms with Crippen LogP contribution in [-0.4, -0.2) is 30.0 Å². The van der Waals surface area contributed by atoms with E-state index in [-0.39, 0.29) is 11.7 Å². The average Bonchev–Trinajstić information content (AvgIpc) is 3.34. The summed E-state index contributed by atoms with van der Waals surface area (Å²) >= 11 is 5.36. The molecular formula is C25H33N3O3S. The molecule has 1 aliphatic carbocycles. The molecule has 1 aromatic carbocycles. The molecule has 1 atom stereocenters. The van der Waals surface area contributed by atoms with Gasteiger partial charge in [0.15, 0.2) is 5.11 Å². The van der Waals surface area contributed by atoms with Crippen molar-refractivity contribution in [3.8, 4) is 5.75 Å². The predicted octanol–water partition coefficient (Wildman–Crippen LogP) is 4.48. The first kappa shape index (κ1) is 21.7. The first-order chi connectivity index (χ1) is 15.6. The van der Waals surface area contributed by atoms with Crippen molar-refractivity contribution in [2.45, 2.75) is 82.8 Å². The molecule has 7 heteroatoms. The fraction of sp³-hybridized carbons (Fsp3) is 0.600. The van der Waals surface area contributed by atoms with Crippen molar-refractivity contribution in [3.63, 3.8) is 0 Å². The van der Waals surface area contributed by atoms with Gasteiger partial charge in [-0.05, 0) is 87.2 Å². The quantitative estimate of drug-likeness (QED) is 0.523. The summed E-state index contributed by atoms with van der Waals surface area (Å²) in [6, 6.07) is 6.33. The van der Waals surface area contributed by atoms with Crippen LogP contribution in [0, 0.1) is 0 Å². The highest BCUT2D eigenvalue weighted by Gasteiger charge is 2.37. The molecule has 1 spiro atoms. The summed E-state index contributed by atoms with van der Waals surface area (Å²) in [6.45, 7) is 3.69. The van der Waals surface area contributed by atoms with Crippen molar-refractivity contribution >= 4 is 28.3 Å². The predicted molar refractivity (Wildman–Crippen MR) is 129 cm³/mol. The van der Waals surface area contributed by atoms with Gasteiger partial charge >= 0.3 is 0 Å². The molecule has 32 heavy (non-hydrogen) atoms. The van der Waals surface area contributed by atoms with Gasteiger partial charge in [0.1, 0.15) is 16.9 Å². The van der Waals surface area contributed by atoms with Crippen molar-refractivity contribution < 1.29 is 13.9 Å². The zero-order valence-corrected chi connectivity index (χ0v) is 19.7. The zero-order chi connectivity index (χ0) is 22.0. The SMILES string of the molecule is CCc1cc(=NNC(=S)NCC2CCCO2)oc2cc3c(cc12)CCC1(CCCCC1)O3. The molecule has 3 aliphatic rings. The molecular weight excluding hydrogens is 422 g/mol. The normalized spacial score (nSPS) is 22.5. The van der Waals surface area contributed by atoms with Crippen LogP contribution in [0.5, 0.6) is 5.75 Å². The van der Waals surface area contributed by atoms with E-state index in [1.165, 1.54) is 30.4 Å². The molecule has 2 aromatic rings. The number of thiocarbonyl (C=S) groups is 1. The van der Waals surface area contributed by atoms with Crippen LogP contribution in [0.3, 0.4) is 0 Å². The van der Waals surface area contributed by atoms with E-state index in [0.717, 1.165) is 68.3 Å². The summed E-state index contributed by atoms with van der Waals surface area (Å²) in [7, 11) is 0. The second-order valence-corrected chi connectivity index (χ2v) is 9.74. The molecule has 6 nitrogen and oxygen atoms in total. The van der Waals surface area contributed by atoms with E-state index in [1.54, 1.807) is 0 Å². The van der Waals surface area contributed by atoms with Gasteiger partial charge in [-0.25, -0.2) is 0 Å². The Morgan fingerprint density at radius 1 is 1.16 bits per heavy atom. The highest BCUT2D eigenvalue weighted by atomic mass is 32.1. The molecule has 3 heterocycles. The molecule has 1 saturated heterocycles. The fourth-order valence-electron chi connectivity index (χ4n) is 5.30. The maximum Gasteiger partial charge on any atom is 0.236 e. The number of aryl methyl sites for hydroxylation is 2. The third-order valence-electron chi connectivity index (χ3n) is 7.12. The Kier molecular flexibility index (Phi) is 6.37. The number of ether oxygens (including phenoxy) is 2. The van der Waals surface area contributed by atoms with Crippen molar-refractivity contribution in [1.82, 2.24) is 10.7 Å². The largest absolute Gasteiger partial charge is 0.487 e. The molecule has 2 aliphatic heterocycles. The Balaban J connectivity index is 1.37. The number of benzene rings is 1. The first-order valence-electron chi connectivity index (χ1n) is 12.1. The number of rotatable bonds is 4. The van der Waals surface area contributed by atoms with E-state index in [1.807, 2.05) is 6.07 Å². The van der Waals surface area contributed by atoms with E-state index in [9.17, 15) is 0 Å². The molecule has 0 bridgehead atoms. The Labute approximate surface area is 194 Å². The maximum absolute atomic E-state index is 6.61. The average molecular weight is 456 g/mol. The number of nitrogens with one attached hydrogen (secondary N) is 2. The smallest absolute Gasteiger partial charge is 0.236 e. The summed E-state index contributed by atoms with van der Waals surface area (Å²) in [5.41, 5.74) is 6.77. The highest BCUT2D eigenvalue weighted by Crippen LogP contribution is 2.43. The van der Waals surface area contributed by atoms with E-state index in [2.05, 4.69) is 34.9 Å². The van der Waals surface area contributed by atoms with Crippen LogP contribution in [0.2, 0.25) is 0 Å². The van der Waals surface area contributed by atoms with Gasteiger partial charge in [0, 0.05) is 30.7 Å². The van der Waals surface area contributed by atoms with Crippen LogP contribution in [-0.2, 0) is 17.6 Å². The van der Waals surface area contributed by atoms with E-state index < -0.39 is 0 Å². The second kappa shape index (κ2) is 9.40. The molecule has 172 valence electrons. The molecule has 2 N–H and O–H groups in total. The van der Waals surface area contributed by atoms with Crippen LogP contribution in [0.25, 0.3) is 11.0 Å². The van der Waals surface area contributed by atoms with Gasteiger partial charge < -0.3 is 19.2 Å². The van der Waals surface area contributed by atoms with Gasteiger partial charge in [-0.15, -0.1) is 5.10 Å². The number of hydrogen-bond acceptors (Lipinski definition) is 5. The Hall–Kier alpha value is -2.12. The van der Waals surface area contributed by atoms with Gasteiger partial charge in [0.25, 0.3) is 0 Å². The Morgan fingerprint density at radius 3 is 2.81 bits per heavy atom. The minimum absolute atomic E-state index is 0.0247. The van der Waals surface area contributed by atoms with Gasteiger partial charge in [-0.1, -0.05) is 13.3 Å². The molecule has 1 unspecified atom stereocenters. The monoisotopic (exact) mass is 455 g/mol. The summed E-state index contributed by atoms with van der Waals surface area (Å²) < 4.78 is 18.4. The Bertz CT molecular complexity index is 1050. The molecule has 0 radical (unpaired) electrons.